The fourth-order valence-corrected chi connectivity index (χ4v) is 1.00. The first-order valence-electron chi connectivity index (χ1n) is 6.22. The van der Waals surface area contributed by atoms with Crippen LogP contribution in [0.2, 0.25) is 0 Å². The zero-order chi connectivity index (χ0) is 14.8. The lowest BCUT2D eigenvalue weighted by Crippen LogP contribution is -2.60. The molecule has 108 valence electrons. The van der Waals surface area contributed by atoms with E-state index in [4.69, 9.17) is 9.59 Å². The molecule has 0 atom stereocenters. The summed E-state index contributed by atoms with van der Waals surface area (Å²) in [6, 6.07) is 0.713. The monoisotopic (exact) mass is 259 g/mol. The molecule has 0 unspecified atom stereocenters. The van der Waals surface area contributed by atoms with Crippen molar-refractivity contribution in [2.24, 2.45) is 0 Å². The predicted octanol–water partition coefficient (Wildman–Crippen LogP) is 0.767. The van der Waals surface area contributed by atoms with Gasteiger partial charge in [0.2, 0.25) is 0 Å². The van der Waals surface area contributed by atoms with Gasteiger partial charge in [-0.3, -0.25) is 0 Å². The van der Waals surface area contributed by atoms with Gasteiger partial charge in [0.25, 0.3) is 0 Å². The molecule has 1 saturated heterocycles. The lowest BCUT2D eigenvalue weighted by atomic mass is 10.0. The zero-order valence-corrected chi connectivity index (χ0v) is 12.8. The largest absolute Gasteiger partial charge is 0.373 e. The van der Waals surface area contributed by atoms with E-state index in [1.807, 2.05) is 7.05 Å². The van der Waals surface area contributed by atoms with Gasteiger partial charge < -0.3 is 16.0 Å². The molecule has 0 aliphatic carbocycles. The molecule has 5 nitrogen and oxygen atoms in total. The van der Waals surface area contributed by atoms with Crippen molar-refractivity contribution in [3.63, 3.8) is 0 Å². The first-order chi connectivity index (χ1) is 8.05. The highest BCUT2D eigenvalue weighted by atomic mass is 16.2. The summed E-state index contributed by atoms with van der Waals surface area (Å²) in [5.74, 6) is 0. The third-order valence-electron chi connectivity index (χ3n) is 2.17. The molecule has 0 radical (unpaired) electrons. The van der Waals surface area contributed by atoms with Crippen molar-refractivity contribution in [2.45, 2.75) is 58.7 Å². The minimum atomic E-state index is 0.250. The molecular weight excluding hydrogens is 230 g/mol. The first kappa shape index (κ1) is 19.6. The van der Waals surface area contributed by atoms with Gasteiger partial charge in [0.05, 0.1) is 0 Å². The zero-order valence-electron chi connectivity index (χ0n) is 12.8. The SMILES string of the molecule is CC(C)(C)NC1CNC1.CNC(C)(C)C.O=C=O. The summed E-state index contributed by atoms with van der Waals surface area (Å²) < 4.78 is 0. The average molecular weight is 259 g/mol. The van der Waals surface area contributed by atoms with E-state index in [0.717, 1.165) is 13.1 Å². The highest BCUT2D eigenvalue weighted by Crippen LogP contribution is 2.03. The molecule has 0 saturated carbocycles. The Labute approximate surface area is 111 Å². The van der Waals surface area contributed by atoms with E-state index < -0.39 is 0 Å². The summed E-state index contributed by atoms with van der Waals surface area (Å²) in [6.45, 7) is 15.3. The maximum absolute atomic E-state index is 8.12. The minimum absolute atomic E-state index is 0.250. The highest BCUT2D eigenvalue weighted by Gasteiger charge is 2.21. The number of rotatable bonds is 1. The second-order valence-corrected chi connectivity index (χ2v) is 6.33. The summed E-state index contributed by atoms with van der Waals surface area (Å²) in [5, 5.41) is 9.82. The van der Waals surface area contributed by atoms with E-state index in [-0.39, 0.29) is 11.7 Å². The Balaban J connectivity index is 0. The van der Waals surface area contributed by atoms with Crippen LogP contribution in [0, 0.1) is 0 Å². The van der Waals surface area contributed by atoms with Gasteiger partial charge in [-0.25, -0.2) is 0 Å². The number of nitrogens with one attached hydrogen (secondary N) is 3. The summed E-state index contributed by atoms with van der Waals surface area (Å²) in [7, 11) is 1.96. The molecule has 0 bridgehead atoms. The summed E-state index contributed by atoms with van der Waals surface area (Å²) in [5.41, 5.74) is 0.576. The van der Waals surface area contributed by atoms with Gasteiger partial charge >= 0.3 is 6.15 Å². The molecule has 0 aromatic heterocycles. The van der Waals surface area contributed by atoms with Gasteiger partial charge in [-0.2, -0.15) is 9.59 Å². The van der Waals surface area contributed by atoms with Gasteiger partial charge in [0, 0.05) is 30.2 Å². The molecule has 0 aromatic carbocycles. The Bertz CT molecular complexity index is 232. The molecule has 1 aliphatic heterocycles. The lowest BCUT2D eigenvalue weighted by Gasteiger charge is -2.34. The third kappa shape index (κ3) is 17.6. The molecule has 0 amide bonds. The number of hydrogen-bond donors (Lipinski definition) is 3. The topological polar surface area (TPSA) is 70.2 Å². The van der Waals surface area contributed by atoms with E-state index in [0.29, 0.717) is 11.6 Å². The number of carbonyl (C=O) groups excluding carboxylic acids is 2. The fraction of sp³-hybridized carbons (Fsp3) is 0.923. The third-order valence-corrected chi connectivity index (χ3v) is 2.17. The molecule has 1 aliphatic rings. The van der Waals surface area contributed by atoms with Crippen molar-refractivity contribution in [1.29, 1.82) is 0 Å². The molecule has 5 heteroatoms. The summed E-state index contributed by atoms with van der Waals surface area (Å²) in [6.07, 6.45) is 0.250. The predicted molar refractivity (Wildman–Crippen MR) is 73.4 cm³/mol. The fourth-order valence-electron chi connectivity index (χ4n) is 1.00. The van der Waals surface area contributed by atoms with Crippen molar-refractivity contribution in [3.05, 3.63) is 0 Å². The van der Waals surface area contributed by atoms with E-state index in [1.54, 1.807) is 0 Å². The molecule has 18 heavy (non-hydrogen) atoms. The second kappa shape index (κ2) is 9.22. The van der Waals surface area contributed by atoms with Crippen LogP contribution in [0.1, 0.15) is 41.5 Å². The average Bonchev–Trinajstić information content (AvgIpc) is 2.12. The second-order valence-electron chi connectivity index (χ2n) is 6.33. The van der Waals surface area contributed by atoms with E-state index >= 15 is 0 Å². The van der Waals surface area contributed by atoms with Crippen LogP contribution in [-0.4, -0.2) is 43.4 Å². The van der Waals surface area contributed by atoms with Crippen LogP contribution in [0.15, 0.2) is 0 Å². The molecule has 1 rings (SSSR count). The van der Waals surface area contributed by atoms with Gasteiger partial charge in [-0.1, -0.05) is 0 Å². The normalized spacial score (nSPS) is 15.3. The van der Waals surface area contributed by atoms with Crippen LogP contribution < -0.4 is 16.0 Å². The van der Waals surface area contributed by atoms with Crippen LogP contribution in [0.4, 0.5) is 0 Å². The minimum Gasteiger partial charge on any atom is -0.315 e. The van der Waals surface area contributed by atoms with Gasteiger partial charge in [-0.15, -0.1) is 0 Å². The molecule has 1 fully saturated rings. The molecular formula is C13H29N3O2. The van der Waals surface area contributed by atoms with Crippen molar-refractivity contribution in [3.8, 4) is 0 Å². The quantitative estimate of drug-likeness (QED) is 0.649. The van der Waals surface area contributed by atoms with Crippen LogP contribution >= 0.6 is 0 Å². The Kier molecular flexibility index (Phi) is 10.0. The lowest BCUT2D eigenvalue weighted by molar-refractivity contribution is -0.191. The Morgan fingerprint density at radius 2 is 1.33 bits per heavy atom. The van der Waals surface area contributed by atoms with Crippen molar-refractivity contribution < 1.29 is 9.59 Å². The van der Waals surface area contributed by atoms with Crippen LogP contribution in [0.5, 0.6) is 0 Å². The van der Waals surface area contributed by atoms with E-state index in [9.17, 15) is 0 Å². The first-order valence-corrected chi connectivity index (χ1v) is 6.22. The molecule has 0 spiro atoms. The van der Waals surface area contributed by atoms with Crippen LogP contribution in [0.3, 0.4) is 0 Å². The van der Waals surface area contributed by atoms with E-state index in [1.165, 1.54) is 0 Å². The highest BCUT2D eigenvalue weighted by molar-refractivity contribution is 5.20. The molecule has 1 heterocycles. The summed E-state index contributed by atoms with van der Waals surface area (Å²) >= 11 is 0. The van der Waals surface area contributed by atoms with Crippen LogP contribution in [-0.2, 0) is 9.59 Å². The maximum Gasteiger partial charge on any atom is 0.373 e. The standard InChI is InChI=1S/C7H16N2.C5H13N.CO2/c1-7(2,3)9-6-4-8-5-6;1-5(2,3)6-4;2-1-3/h6,8-9H,4-5H2,1-3H3;6H,1-4H3;. The van der Waals surface area contributed by atoms with Gasteiger partial charge in [0.1, 0.15) is 0 Å². The van der Waals surface area contributed by atoms with Gasteiger partial charge in [-0.05, 0) is 48.6 Å². The summed E-state index contributed by atoms with van der Waals surface area (Å²) in [4.78, 5) is 16.2. The number of hydrogen-bond acceptors (Lipinski definition) is 5. The van der Waals surface area contributed by atoms with Crippen molar-refractivity contribution in [2.75, 3.05) is 20.1 Å². The Morgan fingerprint density at radius 3 is 1.39 bits per heavy atom. The van der Waals surface area contributed by atoms with Crippen molar-refractivity contribution >= 4 is 6.15 Å². The maximum atomic E-state index is 8.12. The van der Waals surface area contributed by atoms with E-state index in [2.05, 4.69) is 57.5 Å². The molecule has 0 aromatic rings. The van der Waals surface area contributed by atoms with Gasteiger partial charge in [0.15, 0.2) is 0 Å². The van der Waals surface area contributed by atoms with Crippen molar-refractivity contribution in [1.82, 2.24) is 16.0 Å². The smallest absolute Gasteiger partial charge is 0.315 e. The Hall–Kier alpha value is -0.740. The molecule has 3 N–H and O–H groups in total. The Morgan fingerprint density at radius 1 is 1.00 bits per heavy atom. The van der Waals surface area contributed by atoms with Crippen LogP contribution in [0.25, 0.3) is 0 Å².